The number of fused-ring (bicyclic) bond motifs is 2. The van der Waals surface area contributed by atoms with Crippen molar-refractivity contribution in [2.24, 2.45) is 0 Å². The van der Waals surface area contributed by atoms with Crippen molar-refractivity contribution in [1.29, 1.82) is 0 Å². The second kappa shape index (κ2) is 9.37. The molecule has 0 radical (unpaired) electrons. The number of hydrogen-bond donors (Lipinski definition) is 1. The first kappa shape index (κ1) is 23.4. The van der Waals surface area contributed by atoms with Crippen LogP contribution in [0.15, 0.2) is 42.9 Å². The van der Waals surface area contributed by atoms with Crippen LogP contribution in [0.25, 0.3) is 27.8 Å². The highest BCUT2D eigenvalue weighted by Crippen LogP contribution is 2.36. The van der Waals surface area contributed by atoms with E-state index in [4.69, 9.17) is 0 Å². The Bertz CT molecular complexity index is 1370. The standard InChI is InChI=1S/C26H28F3N5O/c1-32(2)15-24(35)33-8-5-16(6-9-33)17-3-4-22-19(11-17)20(13-23(28)29)25(31-22)18-12-21(27)26-30-7-10-34(26)14-18/h3-4,7,10-12,14,16,23,31H,5-6,8-9,13,15H2,1-2H3. The molecule has 9 heteroatoms. The number of hydrogen-bond acceptors (Lipinski definition) is 3. The van der Waals surface area contributed by atoms with Gasteiger partial charge in [0.05, 0.1) is 12.2 Å². The number of alkyl halides is 2. The van der Waals surface area contributed by atoms with E-state index < -0.39 is 18.7 Å². The van der Waals surface area contributed by atoms with Crippen molar-refractivity contribution in [2.45, 2.75) is 31.6 Å². The molecule has 6 nitrogen and oxygen atoms in total. The Hall–Kier alpha value is -3.33. The smallest absolute Gasteiger partial charge is 0.242 e. The van der Waals surface area contributed by atoms with E-state index in [1.54, 1.807) is 16.8 Å². The minimum atomic E-state index is -2.54. The number of likely N-dealkylation sites (N-methyl/N-ethyl adjacent to an activating group) is 1. The highest BCUT2D eigenvalue weighted by molar-refractivity contribution is 5.91. The maximum Gasteiger partial charge on any atom is 0.242 e. The summed E-state index contributed by atoms with van der Waals surface area (Å²) in [5.41, 5.74) is 3.48. The van der Waals surface area contributed by atoms with Gasteiger partial charge in [-0.2, -0.15) is 0 Å². The highest BCUT2D eigenvalue weighted by Gasteiger charge is 2.25. The Morgan fingerprint density at radius 2 is 2.00 bits per heavy atom. The zero-order valence-corrected chi connectivity index (χ0v) is 19.8. The molecular formula is C26H28F3N5O. The summed E-state index contributed by atoms with van der Waals surface area (Å²) in [4.78, 5) is 23.4. The second-order valence-electron chi connectivity index (χ2n) is 9.51. The third-order valence-electron chi connectivity index (χ3n) is 6.79. The number of halogens is 3. The van der Waals surface area contributed by atoms with Crippen LogP contribution in [0.5, 0.6) is 0 Å². The molecule has 1 aliphatic heterocycles. The number of piperidine rings is 1. The van der Waals surface area contributed by atoms with Gasteiger partial charge in [0.15, 0.2) is 11.5 Å². The molecule has 1 N–H and O–H groups in total. The van der Waals surface area contributed by atoms with E-state index in [0.717, 1.165) is 29.3 Å². The van der Waals surface area contributed by atoms with Crippen molar-refractivity contribution in [3.8, 4) is 11.3 Å². The topological polar surface area (TPSA) is 56.6 Å². The van der Waals surface area contributed by atoms with Gasteiger partial charge in [-0.3, -0.25) is 4.79 Å². The Labute approximate surface area is 201 Å². The lowest BCUT2D eigenvalue weighted by molar-refractivity contribution is -0.132. The zero-order valence-electron chi connectivity index (χ0n) is 19.8. The number of nitrogens with zero attached hydrogens (tertiary/aromatic N) is 4. The largest absolute Gasteiger partial charge is 0.354 e. The number of nitrogens with one attached hydrogen (secondary N) is 1. The van der Waals surface area contributed by atoms with Gasteiger partial charge in [-0.1, -0.05) is 6.07 Å². The number of H-pyrrole nitrogens is 1. The maximum atomic E-state index is 14.6. The van der Waals surface area contributed by atoms with Gasteiger partial charge in [0.2, 0.25) is 12.3 Å². The minimum Gasteiger partial charge on any atom is -0.354 e. The second-order valence-corrected chi connectivity index (χ2v) is 9.51. The van der Waals surface area contributed by atoms with Crippen molar-refractivity contribution in [2.75, 3.05) is 33.7 Å². The quantitative estimate of drug-likeness (QED) is 0.433. The van der Waals surface area contributed by atoms with E-state index in [9.17, 15) is 18.0 Å². The Balaban J connectivity index is 1.47. The van der Waals surface area contributed by atoms with E-state index in [2.05, 4.69) is 9.97 Å². The summed E-state index contributed by atoms with van der Waals surface area (Å²) in [5, 5.41) is 0.732. The summed E-state index contributed by atoms with van der Waals surface area (Å²) in [6.07, 6.45) is 3.52. The van der Waals surface area contributed by atoms with Crippen molar-refractivity contribution in [1.82, 2.24) is 24.2 Å². The Kier molecular flexibility index (Phi) is 6.27. The molecule has 0 atom stereocenters. The number of pyridine rings is 1. The van der Waals surface area contributed by atoms with Crippen LogP contribution in [0.1, 0.15) is 29.9 Å². The Morgan fingerprint density at radius 1 is 1.23 bits per heavy atom. The van der Waals surface area contributed by atoms with Gasteiger partial charge >= 0.3 is 0 Å². The monoisotopic (exact) mass is 483 g/mol. The average molecular weight is 484 g/mol. The molecule has 0 bridgehead atoms. The van der Waals surface area contributed by atoms with Crippen molar-refractivity contribution < 1.29 is 18.0 Å². The predicted octanol–water partition coefficient (Wildman–Crippen LogP) is 4.70. The first-order valence-electron chi connectivity index (χ1n) is 11.8. The normalized spacial score (nSPS) is 15.2. The fraction of sp³-hybridized carbons (Fsp3) is 0.385. The van der Waals surface area contributed by atoms with Crippen molar-refractivity contribution >= 4 is 22.5 Å². The van der Waals surface area contributed by atoms with Crippen LogP contribution in [0.2, 0.25) is 0 Å². The van der Waals surface area contributed by atoms with E-state index >= 15 is 0 Å². The van der Waals surface area contributed by atoms with Gasteiger partial charge in [-0.05, 0) is 62.2 Å². The van der Waals surface area contributed by atoms with Gasteiger partial charge in [-0.25, -0.2) is 18.2 Å². The lowest BCUT2D eigenvalue weighted by Gasteiger charge is -2.33. The molecule has 5 rings (SSSR count). The molecule has 4 aromatic rings. The molecule has 35 heavy (non-hydrogen) atoms. The van der Waals surface area contributed by atoms with E-state index in [1.165, 1.54) is 12.3 Å². The van der Waals surface area contributed by atoms with Crippen molar-refractivity contribution in [3.05, 3.63) is 59.8 Å². The number of benzene rings is 1. The van der Waals surface area contributed by atoms with Crippen LogP contribution >= 0.6 is 0 Å². The lowest BCUT2D eigenvalue weighted by atomic mass is 9.88. The van der Waals surface area contributed by atoms with E-state index in [1.807, 2.05) is 42.1 Å². The Morgan fingerprint density at radius 3 is 2.71 bits per heavy atom. The third-order valence-corrected chi connectivity index (χ3v) is 6.79. The highest BCUT2D eigenvalue weighted by atomic mass is 19.3. The molecule has 1 aromatic carbocycles. The number of carbonyl (C=O) groups is 1. The van der Waals surface area contributed by atoms with Crippen LogP contribution in [0.4, 0.5) is 13.2 Å². The SMILES string of the molecule is CN(C)CC(=O)N1CCC(c2ccc3[nH]c(-c4cc(F)c5nccn5c4)c(CC(F)F)c3c2)CC1. The summed E-state index contributed by atoms with van der Waals surface area (Å²) in [7, 11) is 3.76. The van der Waals surface area contributed by atoms with Gasteiger partial charge < -0.3 is 19.2 Å². The minimum absolute atomic E-state index is 0.125. The van der Waals surface area contributed by atoms with Gasteiger partial charge in [0.25, 0.3) is 0 Å². The molecule has 0 unspecified atom stereocenters. The van der Waals surface area contributed by atoms with Crippen LogP contribution < -0.4 is 0 Å². The van der Waals surface area contributed by atoms with Gasteiger partial charge in [-0.15, -0.1) is 0 Å². The zero-order chi connectivity index (χ0) is 24.7. The van der Waals surface area contributed by atoms with Gasteiger partial charge in [0.1, 0.15) is 0 Å². The summed E-state index contributed by atoms with van der Waals surface area (Å²) < 4.78 is 43.4. The molecule has 3 aromatic heterocycles. The molecule has 184 valence electrons. The van der Waals surface area contributed by atoms with E-state index in [0.29, 0.717) is 36.5 Å². The van der Waals surface area contributed by atoms with Crippen molar-refractivity contribution in [3.63, 3.8) is 0 Å². The molecule has 4 heterocycles. The number of likely N-dealkylation sites (tertiary alicyclic amines) is 1. The van der Waals surface area contributed by atoms with Crippen LogP contribution in [-0.2, 0) is 11.2 Å². The first-order chi connectivity index (χ1) is 16.8. The molecule has 1 aliphatic rings. The number of rotatable bonds is 6. The average Bonchev–Trinajstić information content (AvgIpc) is 3.43. The third kappa shape index (κ3) is 4.65. The molecule has 1 amide bonds. The predicted molar refractivity (Wildman–Crippen MR) is 129 cm³/mol. The number of amides is 1. The molecule has 1 fully saturated rings. The summed E-state index contributed by atoms with van der Waals surface area (Å²) in [6.45, 7) is 1.76. The van der Waals surface area contributed by atoms with E-state index in [-0.39, 0.29) is 17.5 Å². The first-order valence-corrected chi connectivity index (χ1v) is 11.8. The molecule has 0 saturated carbocycles. The molecular weight excluding hydrogens is 455 g/mol. The van der Waals surface area contributed by atoms with Crippen LogP contribution in [-0.4, -0.2) is 70.2 Å². The number of carbonyl (C=O) groups excluding carboxylic acids is 1. The molecule has 1 saturated heterocycles. The van der Waals surface area contributed by atoms with Crippen LogP contribution in [0.3, 0.4) is 0 Å². The maximum absolute atomic E-state index is 14.6. The number of aromatic nitrogens is 3. The lowest BCUT2D eigenvalue weighted by Crippen LogP contribution is -2.42. The molecule has 0 aliphatic carbocycles. The summed E-state index contributed by atoms with van der Waals surface area (Å²) >= 11 is 0. The summed E-state index contributed by atoms with van der Waals surface area (Å²) in [5.74, 6) is -0.133. The van der Waals surface area contributed by atoms with Gasteiger partial charge in [0, 0.05) is 54.6 Å². The number of aromatic amines is 1. The molecule has 0 spiro atoms. The fourth-order valence-electron chi connectivity index (χ4n) is 5.09. The number of imidazole rings is 1. The summed E-state index contributed by atoms with van der Waals surface area (Å²) in [6, 6.07) is 7.26. The fourth-order valence-corrected chi connectivity index (χ4v) is 5.09. The van der Waals surface area contributed by atoms with Crippen LogP contribution in [0, 0.1) is 5.82 Å².